The van der Waals surface area contributed by atoms with Crippen LogP contribution in [0.1, 0.15) is 42.5 Å². The van der Waals surface area contributed by atoms with Gasteiger partial charge >= 0.3 is 5.97 Å². The number of carbonyl (C=O) groups is 2. The standard InChI is InChI=1S/C16H21NO4/c1-21-13-8-6-11(7-9-13)16(20)14(10-15(18)19)17-12-4-2-3-5-12/h6-9,12,14,17H,2-5,10H2,1H3,(H,18,19). The third-order valence-corrected chi connectivity index (χ3v) is 3.86. The van der Waals surface area contributed by atoms with Crippen molar-refractivity contribution in [1.82, 2.24) is 5.32 Å². The van der Waals surface area contributed by atoms with Gasteiger partial charge in [0.1, 0.15) is 5.75 Å². The molecule has 5 nitrogen and oxygen atoms in total. The Labute approximate surface area is 124 Å². The van der Waals surface area contributed by atoms with E-state index < -0.39 is 12.0 Å². The molecule has 1 fully saturated rings. The Morgan fingerprint density at radius 2 is 1.90 bits per heavy atom. The fourth-order valence-corrected chi connectivity index (χ4v) is 2.74. The molecule has 0 amide bonds. The molecule has 0 saturated heterocycles. The van der Waals surface area contributed by atoms with E-state index in [0.717, 1.165) is 25.7 Å². The number of methoxy groups -OCH3 is 1. The molecule has 0 aromatic heterocycles. The van der Waals surface area contributed by atoms with Gasteiger partial charge in [-0.2, -0.15) is 0 Å². The highest BCUT2D eigenvalue weighted by Crippen LogP contribution is 2.20. The number of benzene rings is 1. The van der Waals surface area contributed by atoms with Crippen molar-refractivity contribution in [2.24, 2.45) is 0 Å². The van der Waals surface area contributed by atoms with Crippen molar-refractivity contribution in [3.8, 4) is 5.75 Å². The van der Waals surface area contributed by atoms with Gasteiger partial charge in [-0.15, -0.1) is 0 Å². The quantitative estimate of drug-likeness (QED) is 0.754. The zero-order chi connectivity index (χ0) is 15.2. The first-order valence-corrected chi connectivity index (χ1v) is 7.26. The number of ketones is 1. The van der Waals surface area contributed by atoms with Gasteiger partial charge in [-0.05, 0) is 37.1 Å². The molecule has 0 spiro atoms. The van der Waals surface area contributed by atoms with Gasteiger partial charge in [-0.3, -0.25) is 9.59 Å². The van der Waals surface area contributed by atoms with Gasteiger partial charge in [0.05, 0.1) is 19.6 Å². The normalized spacial score (nSPS) is 16.6. The molecular weight excluding hydrogens is 270 g/mol. The van der Waals surface area contributed by atoms with Crippen LogP contribution in [0, 0.1) is 0 Å². The highest BCUT2D eigenvalue weighted by Gasteiger charge is 2.27. The number of carboxylic acids is 1. The van der Waals surface area contributed by atoms with Crippen molar-refractivity contribution in [2.45, 2.75) is 44.2 Å². The molecule has 0 heterocycles. The molecule has 0 bridgehead atoms. The molecule has 5 heteroatoms. The van der Waals surface area contributed by atoms with Crippen LogP contribution in [0.5, 0.6) is 5.75 Å². The molecule has 0 radical (unpaired) electrons. The molecule has 1 saturated carbocycles. The fourth-order valence-electron chi connectivity index (χ4n) is 2.74. The number of aliphatic carboxylic acids is 1. The summed E-state index contributed by atoms with van der Waals surface area (Å²) in [6, 6.07) is 6.34. The van der Waals surface area contributed by atoms with Crippen molar-refractivity contribution in [3.63, 3.8) is 0 Å². The van der Waals surface area contributed by atoms with Crippen LogP contribution >= 0.6 is 0 Å². The molecule has 0 aliphatic heterocycles. The summed E-state index contributed by atoms with van der Waals surface area (Å²) < 4.78 is 5.06. The number of Topliss-reactive ketones (excluding diaryl/α,β-unsaturated/α-hetero) is 1. The predicted molar refractivity (Wildman–Crippen MR) is 78.8 cm³/mol. The third-order valence-electron chi connectivity index (χ3n) is 3.86. The van der Waals surface area contributed by atoms with Crippen LogP contribution in [0.4, 0.5) is 0 Å². The average Bonchev–Trinajstić information content (AvgIpc) is 2.98. The van der Waals surface area contributed by atoms with E-state index in [-0.39, 0.29) is 18.2 Å². The summed E-state index contributed by atoms with van der Waals surface area (Å²) in [5, 5.41) is 12.2. The minimum Gasteiger partial charge on any atom is -0.497 e. The van der Waals surface area contributed by atoms with Crippen molar-refractivity contribution in [2.75, 3.05) is 7.11 Å². The van der Waals surface area contributed by atoms with E-state index in [4.69, 9.17) is 9.84 Å². The Hall–Kier alpha value is -1.88. The van der Waals surface area contributed by atoms with E-state index >= 15 is 0 Å². The SMILES string of the molecule is COc1ccc(C(=O)C(CC(=O)O)NC2CCCC2)cc1. The lowest BCUT2D eigenvalue weighted by Crippen LogP contribution is -2.43. The molecule has 1 aromatic rings. The van der Waals surface area contributed by atoms with Crippen LogP contribution in [-0.2, 0) is 4.79 Å². The molecular formula is C16H21NO4. The Bertz CT molecular complexity index is 492. The zero-order valence-electron chi connectivity index (χ0n) is 12.2. The third kappa shape index (κ3) is 4.29. The molecule has 1 aliphatic rings. The zero-order valence-corrected chi connectivity index (χ0v) is 12.2. The highest BCUT2D eigenvalue weighted by molar-refractivity contribution is 6.01. The first-order valence-electron chi connectivity index (χ1n) is 7.26. The Morgan fingerprint density at radius 1 is 1.29 bits per heavy atom. The topological polar surface area (TPSA) is 75.6 Å². The number of carboxylic acid groups (broad SMARTS) is 1. The second-order valence-corrected chi connectivity index (χ2v) is 5.39. The summed E-state index contributed by atoms with van der Waals surface area (Å²) in [6.07, 6.45) is 4.09. The molecule has 1 aromatic carbocycles. The average molecular weight is 291 g/mol. The van der Waals surface area contributed by atoms with E-state index in [1.807, 2.05) is 0 Å². The molecule has 2 rings (SSSR count). The van der Waals surface area contributed by atoms with Crippen LogP contribution < -0.4 is 10.1 Å². The molecule has 1 aliphatic carbocycles. The van der Waals surface area contributed by atoms with Crippen LogP contribution in [-0.4, -0.2) is 36.1 Å². The van der Waals surface area contributed by atoms with Gasteiger partial charge in [-0.1, -0.05) is 12.8 Å². The van der Waals surface area contributed by atoms with Crippen molar-refractivity contribution in [1.29, 1.82) is 0 Å². The Balaban J connectivity index is 2.09. The summed E-state index contributed by atoms with van der Waals surface area (Å²) in [7, 11) is 1.56. The van der Waals surface area contributed by atoms with Crippen LogP contribution in [0.3, 0.4) is 0 Å². The fraction of sp³-hybridized carbons (Fsp3) is 0.500. The second kappa shape index (κ2) is 7.22. The van der Waals surface area contributed by atoms with Gasteiger partial charge < -0.3 is 15.2 Å². The van der Waals surface area contributed by atoms with Gasteiger partial charge in [0, 0.05) is 11.6 Å². The molecule has 1 unspecified atom stereocenters. The van der Waals surface area contributed by atoms with E-state index in [2.05, 4.69) is 5.32 Å². The minimum absolute atomic E-state index is 0.174. The Morgan fingerprint density at radius 3 is 2.43 bits per heavy atom. The van der Waals surface area contributed by atoms with Crippen molar-refractivity contribution in [3.05, 3.63) is 29.8 Å². The lowest BCUT2D eigenvalue weighted by Gasteiger charge is -2.20. The largest absolute Gasteiger partial charge is 0.497 e. The maximum Gasteiger partial charge on any atom is 0.305 e. The van der Waals surface area contributed by atoms with Gasteiger partial charge in [0.15, 0.2) is 5.78 Å². The monoisotopic (exact) mass is 291 g/mol. The lowest BCUT2D eigenvalue weighted by atomic mass is 10.00. The number of hydrogen-bond donors (Lipinski definition) is 2. The first kappa shape index (κ1) is 15.5. The van der Waals surface area contributed by atoms with Crippen molar-refractivity contribution < 1.29 is 19.4 Å². The molecule has 2 N–H and O–H groups in total. The summed E-state index contributed by atoms with van der Waals surface area (Å²) in [4.78, 5) is 23.5. The van der Waals surface area contributed by atoms with E-state index in [1.165, 1.54) is 0 Å². The summed E-state index contributed by atoms with van der Waals surface area (Å²) in [6.45, 7) is 0. The smallest absolute Gasteiger partial charge is 0.305 e. The number of rotatable bonds is 7. The summed E-state index contributed by atoms with van der Waals surface area (Å²) in [5.41, 5.74) is 0.507. The van der Waals surface area contributed by atoms with E-state index in [1.54, 1.807) is 31.4 Å². The molecule has 21 heavy (non-hydrogen) atoms. The van der Waals surface area contributed by atoms with Crippen LogP contribution in [0.2, 0.25) is 0 Å². The highest BCUT2D eigenvalue weighted by atomic mass is 16.5. The maximum absolute atomic E-state index is 12.5. The van der Waals surface area contributed by atoms with Crippen molar-refractivity contribution >= 4 is 11.8 Å². The van der Waals surface area contributed by atoms with E-state index in [0.29, 0.717) is 11.3 Å². The molecule has 114 valence electrons. The van der Waals surface area contributed by atoms with Gasteiger partial charge in [0.2, 0.25) is 0 Å². The Kier molecular flexibility index (Phi) is 5.33. The second-order valence-electron chi connectivity index (χ2n) is 5.39. The minimum atomic E-state index is -0.965. The first-order chi connectivity index (χ1) is 10.1. The summed E-state index contributed by atoms with van der Waals surface area (Å²) >= 11 is 0. The van der Waals surface area contributed by atoms with E-state index in [9.17, 15) is 9.59 Å². The summed E-state index contributed by atoms with van der Waals surface area (Å²) in [5.74, 6) is -0.468. The number of ether oxygens (including phenoxy) is 1. The maximum atomic E-state index is 12.5. The number of hydrogen-bond acceptors (Lipinski definition) is 4. The number of nitrogens with one attached hydrogen (secondary N) is 1. The number of carbonyl (C=O) groups excluding carboxylic acids is 1. The predicted octanol–water partition coefficient (Wildman–Crippen LogP) is 2.25. The van der Waals surface area contributed by atoms with Gasteiger partial charge in [-0.25, -0.2) is 0 Å². The van der Waals surface area contributed by atoms with Gasteiger partial charge in [0.25, 0.3) is 0 Å². The van der Waals surface area contributed by atoms with Crippen LogP contribution in [0.15, 0.2) is 24.3 Å². The van der Waals surface area contributed by atoms with Crippen LogP contribution in [0.25, 0.3) is 0 Å². The molecule has 1 atom stereocenters. The lowest BCUT2D eigenvalue weighted by molar-refractivity contribution is -0.137.